The molecule has 16 heavy (non-hydrogen) atoms. The third-order valence-electron chi connectivity index (χ3n) is 2.00. The number of aliphatic hydroxyl groups excluding tert-OH is 1. The molecule has 0 radical (unpaired) electrons. The predicted octanol–water partition coefficient (Wildman–Crippen LogP) is 3.02. The van der Waals surface area contributed by atoms with Crippen molar-refractivity contribution >= 4 is 11.6 Å². The minimum absolute atomic E-state index is 0.0333. The van der Waals surface area contributed by atoms with Crippen molar-refractivity contribution in [3.05, 3.63) is 53.2 Å². The van der Waals surface area contributed by atoms with Crippen molar-refractivity contribution < 1.29 is 9.84 Å². The number of pyridine rings is 1. The highest BCUT2D eigenvalue weighted by Gasteiger charge is 2.00. The highest BCUT2D eigenvalue weighted by atomic mass is 35.5. The lowest BCUT2D eigenvalue weighted by atomic mass is 10.3. The van der Waals surface area contributed by atoms with Crippen LogP contribution in [0.15, 0.2) is 42.6 Å². The molecule has 0 unspecified atom stereocenters. The summed E-state index contributed by atoms with van der Waals surface area (Å²) in [6.45, 7) is -0.0333. The van der Waals surface area contributed by atoms with Crippen molar-refractivity contribution in [3.63, 3.8) is 0 Å². The van der Waals surface area contributed by atoms with Gasteiger partial charge in [-0.15, -0.1) is 0 Å². The normalized spacial score (nSPS) is 10.1. The molecule has 1 aromatic carbocycles. The molecule has 0 aliphatic rings. The molecular weight excluding hydrogens is 226 g/mol. The van der Waals surface area contributed by atoms with Gasteiger partial charge in [0.05, 0.1) is 6.61 Å². The molecule has 82 valence electrons. The van der Waals surface area contributed by atoms with Gasteiger partial charge in [-0.3, -0.25) is 0 Å². The number of hydrogen-bond acceptors (Lipinski definition) is 3. The highest BCUT2D eigenvalue weighted by Crippen LogP contribution is 2.22. The van der Waals surface area contributed by atoms with Crippen molar-refractivity contribution in [1.29, 1.82) is 0 Å². The number of aromatic nitrogens is 1. The van der Waals surface area contributed by atoms with Crippen LogP contribution in [0.2, 0.25) is 5.02 Å². The molecule has 0 fully saturated rings. The van der Waals surface area contributed by atoms with Crippen LogP contribution >= 0.6 is 11.6 Å². The fourth-order valence-corrected chi connectivity index (χ4v) is 1.44. The van der Waals surface area contributed by atoms with E-state index in [0.717, 1.165) is 5.56 Å². The molecule has 0 aliphatic carbocycles. The summed E-state index contributed by atoms with van der Waals surface area (Å²) < 4.78 is 5.50. The molecule has 1 N–H and O–H groups in total. The number of hydrogen-bond donors (Lipinski definition) is 1. The van der Waals surface area contributed by atoms with Gasteiger partial charge in [0.2, 0.25) is 5.88 Å². The van der Waals surface area contributed by atoms with E-state index < -0.39 is 0 Å². The Labute approximate surface area is 98.3 Å². The van der Waals surface area contributed by atoms with E-state index in [1.807, 2.05) is 0 Å². The number of rotatable bonds is 3. The highest BCUT2D eigenvalue weighted by molar-refractivity contribution is 6.30. The smallest absolute Gasteiger partial charge is 0.219 e. The number of ether oxygens (including phenoxy) is 1. The number of benzene rings is 1. The fourth-order valence-electron chi connectivity index (χ4n) is 1.26. The second kappa shape index (κ2) is 4.96. The molecule has 0 atom stereocenters. The van der Waals surface area contributed by atoms with Gasteiger partial charge in [-0.2, -0.15) is 0 Å². The Morgan fingerprint density at radius 1 is 1.25 bits per heavy atom. The monoisotopic (exact) mass is 235 g/mol. The molecule has 0 amide bonds. The average molecular weight is 236 g/mol. The van der Waals surface area contributed by atoms with Gasteiger partial charge < -0.3 is 9.84 Å². The second-order valence-corrected chi connectivity index (χ2v) is 3.66. The molecule has 0 saturated carbocycles. The van der Waals surface area contributed by atoms with E-state index in [4.69, 9.17) is 21.4 Å². The summed E-state index contributed by atoms with van der Waals surface area (Å²) in [7, 11) is 0. The first-order chi connectivity index (χ1) is 7.78. The third kappa shape index (κ3) is 2.72. The van der Waals surface area contributed by atoms with Gasteiger partial charge in [0.25, 0.3) is 0 Å². The SMILES string of the molecule is OCc1ccnc(Oc2cccc(Cl)c2)c1. The Morgan fingerprint density at radius 3 is 2.88 bits per heavy atom. The van der Waals surface area contributed by atoms with Crippen LogP contribution in [0.1, 0.15) is 5.56 Å². The Morgan fingerprint density at radius 2 is 2.12 bits per heavy atom. The summed E-state index contributed by atoms with van der Waals surface area (Å²) >= 11 is 5.83. The largest absolute Gasteiger partial charge is 0.439 e. The minimum Gasteiger partial charge on any atom is -0.439 e. The van der Waals surface area contributed by atoms with Crippen LogP contribution in [0.4, 0.5) is 0 Å². The summed E-state index contributed by atoms with van der Waals surface area (Å²) in [6.07, 6.45) is 1.59. The summed E-state index contributed by atoms with van der Waals surface area (Å²) in [5.74, 6) is 1.06. The lowest BCUT2D eigenvalue weighted by Crippen LogP contribution is -1.90. The molecular formula is C12H10ClNO2. The first-order valence-electron chi connectivity index (χ1n) is 4.77. The van der Waals surface area contributed by atoms with Crippen LogP contribution in [0.25, 0.3) is 0 Å². The van der Waals surface area contributed by atoms with Crippen molar-refractivity contribution in [2.24, 2.45) is 0 Å². The molecule has 2 aromatic rings. The Kier molecular flexibility index (Phi) is 3.39. The van der Waals surface area contributed by atoms with Crippen LogP contribution < -0.4 is 4.74 Å². The van der Waals surface area contributed by atoms with Crippen molar-refractivity contribution in [3.8, 4) is 11.6 Å². The van der Waals surface area contributed by atoms with Crippen molar-refractivity contribution in [2.45, 2.75) is 6.61 Å². The topological polar surface area (TPSA) is 42.4 Å². The molecule has 0 saturated heterocycles. The maximum absolute atomic E-state index is 8.97. The van der Waals surface area contributed by atoms with Gasteiger partial charge in [0.15, 0.2) is 0 Å². The van der Waals surface area contributed by atoms with Crippen LogP contribution in [0.3, 0.4) is 0 Å². The van der Waals surface area contributed by atoms with Gasteiger partial charge >= 0.3 is 0 Å². The molecule has 0 spiro atoms. The van der Waals surface area contributed by atoms with E-state index in [-0.39, 0.29) is 6.61 Å². The van der Waals surface area contributed by atoms with E-state index in [2.05, 4.69) is 4.98 Å². The maximum atomic E-state index is 8.97. The Balaban J connectivity index is 2.20. The Hall–Kier alpha value is -1.58. The summed E-state index contributed by atoms with van der Waals surface area (Å²) in [5.41, 5.74) is 0.757. The lowest BCUT2D eigenvalue weighted by Gasteiger charge is -2.05. The molecule has 1 aromatic heterocycles. The van der Waals surface area contributed by atoms with E-state index in [0.29, 0.717) is 16.7 Å². The van der Waals surface area contributed by atoms with Gasteiger partial charge in [-0.1, -0.05) is 17.7 Å². The van der Waals surface area contributed by atoms with Crippen LogP contribution in [-0.2, 0) is 6.61 Å². The van der Waals surface area contributed by atoms with Gasteiger partial charge in [-0.05, 0) is 29.8 Å². The number of aliphatic hydroxyl groups is 1. The zero-order chi connectivity index (χ0) is 11.4. The summed E-state index contributed by atoms with van der Waals surface area (Å²) in [4.78, 5) is 4.04. The Bertz CT molecular complexity index is 488. The quantitative estimate of drug-likeness (QED) is 0.889. The molecule has 3 nitrogen and oxygen atoms in total. The number of halogens is 1. The molecule has 1 heterocycles. The molecule has 0 aliphatic heterocycles. The van der Waals surface area contributed by atoms with Crippen LogP contribution in [0, 0.1) is 0 Å². The maximum Gasteiger partial charge on any atom is 0.219 e. The molecule has 4 heteroatoms. The number of nitrogens with zero attached hydrogens (tertiary/aromatic N) is 1. The summed E-state index contributed by atoms with van der Waals surface area (Å²) in [5, 5.41) is 9.58. The van der Waals surface area contributed by atoms with Crippen molar-refractivity contribution in [1.82, 2.24) is 4.98 Å². The predicted molar refractivity (Wildman–Crippen MR) is 61.7 cm³/mol. The van der Waals surface area contributed by atoms with Gasteiger partial charge in [-0.25, -0.2) is 4.98 Å². The third-order valence-corrected chi connectivity index (χ3v) is 2.24. The van der Waals surface area contributed by atoms with Gasteiger partial charge in [0, 0.05) is 17.3 Å². The summed E-state index contributed by atoms with van der Waals surface area (Å²) in [6, 6.07) is 10.5. The van der Waals surface area contributed by atoms with Crippen LogP contribution in [-0.4, -0.2) is 10.1 Å². The fraction of sp³-hybridized carbons (Fsp3) is 0.0833. The molecule has 0 bridgehead atoms. The van der Waals surface area contributed by atoms with E-state index in [9.17, 15) is 0 Å². The van der Waals surface area contributed by atoms with Crippen molar-refractivity contribution in [2.75, 3.05) is 0 Å². The van der Waals surface area contributed by atoms with E-state index in [1.54, 1.807) is 42.6 Å². The second-order valence-electron chi connectivity index (χ2n) is 3.22. The minimum atomic E-state index is -0.0333. The average Bonchev–Trinajstić information content (AvgIpc) is 2.29. The zero-order valence-corrected chi connectivity index (χ0v) is 9.19. The zero-order valence-electron chi connectivity index (χ0n) is 8.43. The van der Waals surface area contributed by atoms with E-state index >= 15 is 0 Å². The molecule has 2 rings (SSSR count). The van der Waals surface area contributed by atoms with E-state index in [1.165, 1.54) is 0 Å². The van der Waals surface area contributed by atoms with Crippen LogP contribution in [0.5, 0.6) is 11.6 Å². The van der Waals surface area contributed by atoms with Gasteiger partial charge in [0.1, 0.15) is 5.75 Å². The lowest BCUT2D eigenvalue weighted by molar-refractivity contribution is 0.281. The standard InChI is InChI=1S/C12H10ClNO2/c13-10-2-1-3-11(7-10)16-12-6-9(8-15)4-5-14-12/h1-7,15H,8H2. The first kappa shape index (κ1) is 10.9. The first-order valence-corrected chi connectivity index (χ1v) is 5.15.